The van der Waals surface area contributed by atoms with Crippen molar-refractivity contribution in [2.45, 2.75) is 13.3 Å². The van der Waals surface area contributed by atoms with E-state index in [0.717, 1.165) is 26.1 Å². The minimum absolute atomic E-state index is 0.0195. The van der Waals surface area contributed by atoms with Crippen LogP contribution in [0.25, 0.3) is 0 Å². The summed E-state index contributed by atoms with van der Waals surface area (Å²) in [6, 6.07) is 4.34. The second-order valence-corrected chi connectivity index (χ2v) is 4.92. The third-order valence-electron chi connectivity index (χ3n) is 3.48. The molecule has 1 aliphatic rings. The molecule has 1 amide bonds. The van der Waals surface area contributed by atoms with Crippen molar-refractivity contribution in [2.75, 3.05) is 26.7 Å². The van der Waals surface area contributed by atoms with Crippen LogP contribution in [0.2, 0.25) is 0 Å². The van der Waals surface area contributed by atoms with Crippen LogP contribution in [0.15, 0.2) is 18.2 Å². The molecule has 1 aromatic rings. The van der Waals surface area contributed by atoms with Crippen molar-refractivity contribution in [3.05, 3.63) is 35.1 Å². The molecule has 18 heavy (non-hydrogen) atoms. The monoisotopic (exact) mass is 250 g/mol. The van der Waals surface area contributed by atoms with E-state index in [1.54, 1.807) is 13.0 Å². The molecule has 3 nitrogen and oxygen atoms in total. The number of aryl methyl sites for hydroxylation is 1. The molecule has 1 heterocycles. The van der Waals surface area contributed by atoms with E-state index in [-0.39, 0.29) is 11.7 Å². The van der Waals surface area contributed by atoms with Crippen LogP contribution in [0.5, 0.6) is 0 Å². The van der Waals surface area contributed by atoms with Gasteiger partial charge in [-0.15, -0.1) is 0 Å². The third-order valence-corrected chi connectivity index (χ3v) is 3.48. The van der Waals surface area contributed by atoms with E-state index < -0.39 is 0 Å². The summed E-state index contributed by atoms with van der Waals surface area (Å²) in [5.74, 6) is 0.254. The molecule has 1 N–H and O–H groups in total. The Labute approximate surface area is 107 Å². The first-order valence-electron chi connectivity index (χ1n) is 6.32. The molecule has 98 valence electrons. The lowest BCUT2D eigenvalue weighted by Gasteiger charge is -2.17. The Morgan fingerprint density at radius 2 is 2.33 bits per heavy atom. The van der Waals surface area contributed by atoms with Gasteiger partial charge in [0.25, 0.3) is 5.91 Å². The van der Waals surface area contributed by atoms with Gasteiger partial charge in [0.15, 0.2) is 0 Å². The molecule has 0 radical (unpaired) electrons. The maximum Gasteiger partial charge on any atom is 0.254 e. The molecule has 1 aromatic carbocycles. The molecule has 2 rings (SSSR count). The summed E-state index contributed by atoms with van der Waals surface area (Å²) in [6.07, 6.45) is 1.03. The second kappa shape index (κ2) is 5.48. The Hall–Kier alpha value is -1.42. The van der Waals surface area contributed by atoms with Gasteiger partial charge in [-0.25, -0.2) is 4.39 Å². The zero-order valence-electron chi connectivity index (χ0n) is 10.9. The largest absolute Gasteiger partial charge is 0.338 e. The fourth-order valence-corrected chi connectivity index (χ4v) is 2.51. The van der Waals surface area contributed by atoms with Crippen molar-refractivity contribution >= 4 is 5.91 Å². The second-order valence-electron chi connectivity index (χ2n) is 4.92. The first kappa shape index (κ1) is 13.0. The number of hydrogen-bond acceptors (Lipinski definition) is 2. The summed E-state index contributed by atoms with van der Waals surface area (Å²) in [5.41, 5.74) is 1.32. The highest BCUT2D eigenvalue weighted by atomic mass is 19.1. The van der Waals surface area contributed by atoms with Crippen molar-refractivity contribution in [3.63, 3.8) is 0 Å². The van der Waals surface area contributed by atoms with Crippen molar-refractivity contribution < 1.29 is 9.18 Å². The number of nitrogens with zero attached hydrogens (tertiary/aromatic N) is 1. The van der Waals surface area contributed by atoms with Crippen molar-refractivity contribution in [1.29, 1.82) is 0 Å². The molecular weight excluding hydrogens is 231 g/mol. The lowest BCUT2D eigenvalue weighted by Crippen LogP contribution is -2.30. The Bertz CT molecular complexity index is 447. The Kier molecular flexibility index (Phi) is 3.97. The molecule has 1 unspecified atom stereocenters. The van der Waals surface area contributed by atoms with Gasteiger partial charge < -0.3 is 10.2 Å². The fourth-order valence-electron chi connectivity index (χ4n) is 2.51. The van der Waals surface area contributed by atoms with Crippen LogP contribution >= 0.6 is 0 Å². The number of rotatable bonds is 3. The molecule has 1 saturated heterocycles. The van der Waals surface area contributed by atoms with Gasteiger partial charge in [0.2, 0.25) is 0 Å². The predicted octanol–water partition coefficient (Wildman–Crippen LogP) is 1.82. The standard InChI is InChI=1S/C14H19FN2O/c1-10-7-12(15)3-4-13(10)14(18)17-6-5-11(9-17)8-16-2/h3-4,7,11,16H,5-6,8-9H2,1-2H3. The SMILES string of the molecule is CNCC1CCN(C(=O)c2ccc(F)cc2C)C1. The molecule has 0 aliphatic carbocycles. The van der Waals surface area contributed by atoms with Crippen LogP contribution in [0.4, 0.5) is 4.39 Å². The summed E-state index contributed by atoms with van der Waals surface area (Å²) in [5, 5.41) is 3.14. The van der Waals surface area contributed by atoms with E-state index in [1.807, 2.05) is 11.9 Å². The third kappa shape index (κ3) is 2.70. The summed E-state index contributed by atoms with van der Waals surface area (Å²) in [7, 11) is 1.93. The van der Waals surface area contributed by atoms with Gasteiger partial charge in [-0.05, 0) is 56.6 Å². The quantitative estimate of drug-likeness (QED) is 0.887. The maximum absolute atomic E-state index is 13.0. The molecule has 0 aromatic heterocycles. The molecule has 1 aliphatic heterocycles. The van der Waals surface area contributed by atoms with Crippen molar-refractivity contribution in [1.82, 2.24) is 10.2 Å². The number of hydrogen-bond donors (Lipinski definition) is 1. The van der Waals surface area contributed by atoms with Crippen LogP contribution in [-0.4, -0.2) is 37.5 Å². The lowest BCUT2D eigenvalue weighted by molar-refractivity contribution is 0.0786. The zero-order valence-corrected chi connectivity index (χ0v) is 10.9. The van der Waals surface area contributed by atoms with Gasteiger partial charge in [0, 0.05) is 18.7 Å². The minimum atomic E-state index is -0.293. The van der Waals surface area contributed by atoms with Crippen molar-refractivity contribution in [3.8, 4) is 0 Å². The number of carbonyl (C=O) groups is 1. The van der Waals surface area contributed by atoms with E-state index in [1.165, 1.54) is 12.1 Å². The average molecular weight is 250 g/mol. The Morgan fingerprint density at radius 3 is 3.00 bits per heavy atom. The number of amides is 1. The smallest absolute Gasteiger partial charge is 0.254 e. The number of likely N-dealkylation sites (tertiary alicyclic amines) is 1. The Morgan fingerprint density at radius 1 is 1.56 bits per heavy atom. The topological polar surface area (TPSA) is 32.3 Å². The number of halogens is 1. The van der Waals surface area contributed by atoms with Crippen LogP contribution in [0, 0.1) is 18.7 Å². The highest BCUT2D eigenvalue weighted by Crippen LogP contribution is 2.20. The normalized spacial score (nSPS) is 19.3. The van der Waals surface area contributed by atoms with Crippen molar-refractivity contribution in [2.24, 2.45) is 5.92 Å². The van der Waals surface area contributed by atoms with E-state index in [0.29, 0.717) is 17.0 Å². The number of nitrogens with one attached hydrogen (secondary N) is 1. The van der Waals surface area contributed by atoms with Gasteiger partial charge in [0.05, 0.1) is 0 Å². The van der Waals surface area contributed by atoms with Gasteiger partial charge in [0.1, 0.15) is 5.82 Å². The molecule has 0 saturated carbocycles. The maximum atomic E-state index is 13.0. The van der Waals surface area contributed by atoms with Crippen LogP contribution in [0.1, 0.15) is 22.3 Å². The first-order valence-corrected chi connectivity index (χ1v) is 6.32. The number of carbonyl (C=O) groups excluding carboxylic acids is 1. The number of benzene rings is 1. The molecule has 0 bridgehead atoms. The average Bonchev–Trinajstić information content (AvgIpc) is 2.77. The zero-order chi connectivity index (χ0) is 13.1. The molecule has 4 heteroatoms. The van der Waals surface area contributed by atoms with Crippen LogP contribution < -0.4 is 5.32 Å². The minimum Gasteiger partial charge on any atom is -0.338 e. The molecular formula is C14H19FN2O. The van der Waals surface area contributed by atoms with Gasteiger partial charge in [-0.1, -0.05) is 0 Å². The van der Waals surface area contributed by atoms with Gasteiger partial charge >= 0.3 is 0 Å². The van der Waals surface area contributed by atoms with Gasteiger partial charge in [-0.2, -0.15) is 0 Å². The van der Waals surface area contributed by atoms with E-state index in [2.05, 4.69) is 5.32 Å². The molecule has 1 atom stereocenters. The predicted molar refractivity (Wildman–Crippen MR) is 69.1 cm³/mol. The van der Waals surface area contributed by atoms with E-state index in [9.17, 15) is 9.18 Å². The first-order chi connectivity index (χ1) is 8.61. The molecule has 0 spiro atoms. The highest BCUT2D eigenvalue weighted by Gasteiger charge is 2.27. The van der Waals surface area contributed by atoms with Crippen LogP contribution in [-0.2, 0) is 0 Å². The summed E-state index contributed by atoms with van der Waals surface area (Å²) < 4.78 is 13.0. The lowest BCUT2D eigenvalue weighted by atomic mass is 10.1. The highest BCUT2D eigenvalue weighted by molar-refractivity contribution is 5.95. The van der Waals surface area contributed by atoms with E-state index in [4.69, 9.17) is 0 Å². The van der Waals surface area contributed by atoms with Gasteiger partial charge in [-0.3, -0.25) is 4.79 Å². The van der Waals surface area contributed by atoms with E-state index >= 15 is 0 Å². The summed E-state index contributed by atoms with van der Waals surface area (Å²) in [6.45, 7) is 4.29. The summed E-state index contributed by atoms with van der Waals surface area (Å²) in [4.78, 5) is 14.2. The summed E-state index contributed by atoms with van der Waals surface area (Å²) >= 11 is 0. The van der Waals surface area contributed by atoms with Crippen LogP contribution in [0.3, 0.4) is 0 Å². The molecule has 1 fully saturated rings. The fraction of sp³-hybridized carbons (Fsp3) is 0.500. The Balaban J connectivity index is 2.08.